The van der Waals surface area contributed by atoms with E-state index in [-0.39, 0.29) is 6.10 Å². The van der Waals surface area contributed by atoms with Crippen molar-refractivity contribution in [1.82, 2.24) is 5.32 Å². The van der Waals surface area contributed by atoms with E-state index in [0.29, 0.717) is 17.9 Å². The molecule has 1 saturated heterocycles. The topological polar surface area (TPSA) is 41.5 Å². The molecule has 3 unspecified atom stereocenters. The maximum atomic E-state index is 9.60. The molecule has 3 atom stereocenters. The first-order valence-electron chi connectivity index (χ1n) is 5.36. The van der Waals surface area contributed by atoms with Crippen molar-refractivity contribution in [3.8, 4) is 0 Å². The molecule has 0 radical (unpaired) electrons. The summed E-state index contributed by atoms with van der Waals surface area (Å²) in [4.78, 5) is 0. The summed E-state index contributed by atoms with van der Waals surface area (Å²) in [7, 11) is 0. The lowest BCUT2D eigenvalue weighted by Crippen LogP contribution is -2.29. The highest BCUT2D eigenvalue weighted by Gasteiger charge is 2.24. The molecule has 0 aliphatic carbocycles. The average Bonchev–Trinajstić information content (AvgIpc) is 2.58. The zero-order valence-corrected chi connectivity index (χ0v) is 9.85. The van der Waals surface area contributed by atoms with Crippen LogP contribution in [0.1, 0.15) is 20.3 Å². The molecule has 2 N–H and O–H groups in total. The van der Waals surface area contributed by atoms with Gasteiger partial charge >= 0.3 is 0 Å². The van der Waals surface area contributed by atoms with E-state index in [1.54, 1.807) is 0 Å². The van der Waals surface area contributed by atoms with Crippen molar-refractivity contribution in [2.24, 2.45) is 0 Å². The van der Waals surface area contributed by atoms with Crippen molar-refractivity contribution >= 4 is 11.8 Å². The Kier molecular flexibility index (Phi) is 5.86. The lowest BCUT2D eigenvalue weighted by molar-refractivity contribution is 0.127. The van der Waals surface area contributed by atoms with Crippen molar-refractivity contribution < 1.29 is 9.84 Å². The van der Waals surface area contributed by atoms with Crippen molar-refractivity contribution in [2.75, 3.05) is 25.4 Å². The quantitative estimate of drug-likeness (QED) is 0.695. The summed E-state index contributed by atoms with van der Waals surface area (Å²) in [6.45, 7) is 6.66. The van der Waals surface area contributed by atoms with Gasteiger partial charge in [-0.2, -0.15) is 11.8 Å². The Hall–Kier alpha value is 0.230. The lowest BCUT2D eigenvalue weighted by Gasteiger charge is -2.16. The molecule has 1 aliphatic heterocycles. The molecule has 14 heavy (non-hydrogen) atoms. The van der Waals surface area contributed by atoms with Gasteiger partial charge in [0.1, 0.15) is 0 Å². The molecule has 0 amide bonds. The molecule has 0 aromatic carbocycles. The van der Waals surface area contributed by atoms with Crippen LogP contribution >= 0.6 is 11.8 Å². The van der Waals surface area contributed by atoms with Crippen LogP contribution < -0.4 is 5.32 Å². The van der Waals surface area contributed by atoms with Gasteiger partial charge in [-0.1, -0.05) is 6.92 Å². The van der Waals surface area contributed by atoms with E-state index in [1.165, 1.54) is 0 Å². The third kappa shape index (κ3) is 4.17. The summed E-state index contributed by atoms with van der Waals surface area (Å²) in [6.07, 6.45) is 1.25. The highest BCUT2D eigenvalue weighted by molar-refractivity contribution is 8.00. The van der Waals surface area contributed by atoms with Gasteiger partial charge in [-0.25, -0.2) is 0 Å². The summed E-state index contributed by atoms with van der Waals surface area (Å²) in [6, 6.07) is 0. The van der Waals surface area contributed by atoms with Crippen LogP contribution in [0.25, 0.3) is 0 Å². The van der Waals surface area contributed by atoms with E-state index in [0.717, 1.165) is 25.3 Å². The van der Waals surface area contributed by atoms with Crippen molar-refractivity contribution in [3.63, 3.8) is 0 Å². The Morgan fingerprint density at radius 2 is 2.43 bits per heavy atom. The fourth-order valence-electron chi connectivity index (χ4n) is 1.54. The molecule has 84 valence electrons. The monoisotopic (exact) mass is 219 g/mol. The van der Waals surface area contributed by atoms with E-state index in [9.17, 15) is 5.11 Å². The van der Waals surface area contributed by atoms with Gasteiger partial charge in [-0.05, 0) is 19.9 Å². The summed E-state index contributed by atoms with van der Waals surface area (Å²) >= 11 is 1.84. The van der Waals surface area contributed by atoms with Gasteiger partial charge in [0.2, 0.25) is 0 Å². The van der Waals surface area contributed by atoms with E-state index >= 15 is 0 Å². The number of hydrogen-bond donors (Lipinski definition) is 2. The molecule has 0 spiro atoms. The number of nitrogens with one attached hydrogen (secondary N) is 1. The van der Waals surface area contributed by atoms with Crippen LogP contribution in [0.3, 0.4) is 0 Å². The van der Waals surface area contributed by atoms with Crippen molar-refractivity contribution in [1.29, 1.82) is 0 Å². The van der Waals surface area contributed by atoms with E-state index in [2.05, 4.69) is 12.2 Å². The molecular formula is C10H21NO2S. The first kappa shape index (κ1) is 12.3. The van der Waals surface area contributed by atoms with Crippen LogP contribution in [0.2, 0.25) is 0 Å². The third-order valence-electron chi connectivity index (χ3n) is 2.44. The molecular weight excluding hydrogens is 198 g/mol. The van der Waals surface area contributed by atoms with Crippen LogP contribution in [-0.2, 0) is 4.74 Å². The molecule has 4 heteroatoms. The number of ether oxygens (including phenoxy) is 1. The number of thioether (sulfide) groups is 1. The summed E-state index contributed by atoms with van der Waals surface area (Å²) in [5.74, 6) is 0.811. The normalized spacial score (nSPS) is 29.4. The maximum absolute atomic E-state index is 9.60. The van der Waals surface area contributed by atoms with E-state index in [4.69, 9.17) is 4.74 Å². The summed E-state index contributed by atoms with van der Waals surface area (Å²) < 4.78 is 5.46. The van der Waals surface area contributed by atoms with Gasteiger partial charge in [-0.3, -0.25) is 0 Å². The fraction of sp³-hybridized carbons (Fsp3) is 1.00. The number of aliphatic hydroxyl groups excluding tert-OH is 1. The number of hydrogen-bond acceptors (Lipinski definition) is 4. The zero-order valence-electron chi connectivity index (χ0n) is 9.03. The highest BCUT2D eigenvalue weighted by atomic mass is 32.2. The first-order valence-corrected chi connectivity index (χ1v) is 6.41. The Morgan fingerprint density at radius 1 is 1.64 bits per heavy atom. The standard InChI is InChI=1S/C10H21NO2S/c1-3-11-6-9(12)7-14-10-4-5-13-8(10)2/h8-12H,3-7H2,1-2H3. The molecule has 0 aromatic rings. The minimum absolute atomic E-state index is 0.229. The summed E-state index contributed by atoms with van der Waals surface area (Å²) in [5, 5.41) is 13.3. The van der Waals surface area contributed by atoms with Gasteiger partial charge in [0.15, 0.2) is 0 Å². The number of rotatable bonds is 6. The molecule has 1 heterocycles. The molecule has 0 bridgehead atoms. The molecule has 1 aliphatic rings. The molecule has 1 fully saturated rings. The number of aliphatic hydroxyl groups is 1. The van der Waals surface area contributed by atoms with Gasteiger partial charge < -0.3 is 15.2 Å². The molecule has 3 nitrogen and oxygen atoms in total. The first-order chi connectivity index (χ1) is 6.74. The second-order valence-electron chi connectivity index (χ2n) is 3.70. The van der Waals surface area contributed by atoms with Crippen LogP contribution in [-0.4, -0.2) is 48.0 Å². The molecule has 1 rings (SSSR count). The van der Waals surface area contributed by atoms with Crippen LogP contribution in [0.15, 0.2) is 0 Å². The van der Waals surface area contributed by atoms with Gasteiger partial charge in [0, 0.05) is 24.2 Å². The zero-order chi connectivity index (χ0) is 10.4. The minimum Gasteiger partial charge on any atom is -0.391 e. The third-order valence-corrected chi connectivity index (χ3v) is 4.06. The van der Waals surface area contributed by atoms with E-state index in [1.807, 2.05) is 18.7 Å². The fourth-order valence-corrected chi connectivity index (χ4v) is 2.74. The Bertz CT molecular complexity index is 157. The SMILES string of the molecule is CCNCC(O)CSC1CCOC1C. The second kappa shape index (κ2) is 6.67. The van der Waals surface area contributed by atoms with Crippen molar-refractivity contribution in [2.45, 2.75) is 37.7 Å². The smallest absolute Gasteiger partial charge is 0.0754 e. The molecule has 0 aromatic heterocycles. The van der Waals surface area contributed by atoms with Gasteiger partial charge in [0.25, 0.3) is 0 Å². The largest absolute Gasteiger partial charge is 0.391 e. The Balaban J connectivity index is 2.07. The lowest BCUT2D eigenvalue weighted by atomic mass is 10.3. The maximum Gasteiger partial charge on any atom is 0.0754 e. The van der Waals surface area contributed by atoms with Crippen LogP contribution in [0.4, 0.5) is 0 Å². The van der Waals surface area contributed by atoms with Crippen molar-refractivity contribution in [3.05, 3.63) is 0 Å². The Labute approximate surface area is 90.6 Å². The highest BCUT2D eigenvalue weighted by Crippen LogP contribution is 2.26. The molecule has 0 saturated carbocycles. The second-order valence-corrected chi connectivity index (χ2v) is 4.97. The summed E-state index contributed by atoms with van der Waals surface area (Å²) in [5.41, 5.74) is 0. The average molecular weight is 219 g/mol. The predicted molar refractivity (Wildman–Crippen MR) is 60.8 cm³/mol. The van der Waals surface area contributed by atoms with Gasteiger partial charge in [-0.15, -0.1) is 0 Å². The number of likely N-dealkylation sites (N-methyl/N-ethyl adjacent to an activating group) is 1. The van der Waals surface area contributed by atoms with Crippen LogP contribution in [0, 0.1) is 0 Å². The van der Waals surface area contributed by atoms with Gasteiger partial charge in [0.05, 0.1) is 12.2 Å². The van der Waals surface area contributed by atoms with E-state index < -0.39 is 0 Å². The minimum atomic E-state index is -0.229. The predicted octanol–water partition coefficient (Wildman–Crippen LogP) is 0.867. The Morgan fingerprint density at radius 3 is 3.00 bits per heavy atom. The van der Waals surface area contributed by atoms with Crippen LogP contribution in [0.5, 0.6) is 0 Å².